The molecule has 0 heterocycles. The molecule has 0 bridgehead atoms. The molecule has 1 N–H and O–H groups in total. The van der Waals surface area contributed by atoms with Crippen molar-refractivity contribution >= 4 is 0 Å². The van der Waals surface area contributed by atoms with Gasteiger partial charge in [0.25, 0.3) is 0 Å². The van der Waals surface area contributed by atoms with Crippen LogP contribution >= 0.6 is 0 Å². The molecule has 0 aromatic rings. The third kappa shape index (κ3) is 2.87. The van der Waals surface area contributed by atoms with Gasteiger partial charge in [-0.25, -0.2) is 0 Å². The predicted molar refractivity (Wildman–Crippen MR) is 39.8 cm³/mol. The van der Waals surface area contributed by atoms with Gasteiger partial charge in [-0.3, -0.25) is 0 Å². The van der Waals surface area contributed by atoms with Crippen LogP contribution in [0.1, 0.15) is 25.7 Å². The molecule has 0 atom stereocenters. The minimum absolute atomic E-state index is 0.142. The van der Waals surface area contributed by atoms with Gasteiger partial charge in [-0.2, -0.15) is 5.26 Å². The van der Waals surface area contributed by atoms with Gasteiger partial charge in [-0.1, -0.05) is 0 Å². The molecule has 0 aliphatic heterocycles. The number of nitriles is 1. The molecule has 0 amide bonds. The first-order valence-corrected chi connectivity index (χ1v) is 3.99. The van der Waals surface area contributed by atoms with Crippen LogP contribution in [0.3, 0.4) is 0 Å². The van der Waals surface area contributed by atoms with Gasteiger partial charge in [0.2, 0.25) is 0 Å². The molecule has 0 aromatic heterocycles. The number of rotatable bonds is 2. The summed E-state index contributed by atoms with van der Waals surface area (Å²) in [4.78, 5) is 0. The van der Waals surface area contributed by atoms with Gasteiger partial charge in [0.05, 0.1) is 18.3 Å². The van der Waals surface area contributed by atoms with E-state index >= 15 is 0 Å². The maximum absolute atomic E-state index is 9.13. The van der Waals surface area contributed by atoms with Crippen LogP contribution in [-0.4, -0.2) is 23.9 Å². The Labute approximate surface area is 66.6 Å². The van der Waals surface area contributed by atoms with Crippen molar-refractivity contribution in [2.24, 2.45) is 0 Å². The normalized spacial score (nSPS) is 31.3. The molecule has 0 saturated heterocycles. The summed E-state index contributed by atoms with van der Waals surface area (Å²) in [7, 11) is 0. The molecule has 0 spiro atoms. The van der Waals surface area contributed by atoms with Crippen molar-refractivity contribution in [1.82, 2.24) is 0 Å². The van der Waals surface area contributed by atoms with Crippen LogP contribution < -0.4 is 0 Å². The Hall–Kier alpha value is -0.590. The highest BCUT2D eigenvalue weighted by atomic mass is 16.5. The fourth-order valence-electron chi connectivity index (χ4n) is 1.37. The lowest BCUT2D eigenvalue weighted by Crippen LogP contribution is -2.24. The van der Waals surface area contributed by atoms with Gasteiger partial charge in [0, 0.05) is 0 Å². The van der Waals surface area contributed by atoms with Crippen LogP contribution in [-0.2, 0) is 4.74 Å². The highest BCUT2D eigenvalue weighted by molar-refractivity contribution is 4.74. The highest BCUT2D eigenvalue weighted by Gasteiger charge is 2.19. The lowest BCUT2D eigenvalue weighted by Gasteiger charge is -2.24. The summed E-state index contributed by atoms with van der Waals surface area (Å²) in [6.45, 7) is 0.181. The molecule has 1 aliphatic carbocycles. The van der Waals surface area contributed by atoms with E-state index in [1.807, 2.05) is 6.07 Å². The van der Waals surface area contributed by atoms with Gasteiger partial charge in [-0.15, -0.1) is 0 Å². The fourth-order valence-corrected chi connectivity index (χ4v) is 1.37. The number of hydrogen-bond donors (Lipinski definition) is 1. The molecular weight excluding hydrogens is 142 g/mol. The summed E-state index contributed by atoms with van der Waals surface area (Å²) in [6, 6.07) is 1.94. The highest BCUT2D eigenvalue weighted by Crippen LogP contribution is 2.20. The van der Waals surface area contributed by atoms with Crippen molar-refractivity contribution in [1.29, 1.82) is 5.26 Å². The Kier molecular flexibility index (Phi) is 3.34. The van der Waals surface area contributed by atoms with E-state index < -0.39 is 0 Å². The standard InChI is InChI=1S/C8H13NO2/c9-5-6-11-8-3-1-7(10)2-4-8/h7-8,10H,1-4,6H2. The Morgan fingerprint density at radius 2 is 2.00 bits per heavy atom. The minimum atomic E-state index is -0.142. The predicted octanol–water partition coefficient (Wildman–Crippen LogP) is 0.830. The van der Waals surface area contributed by atoms with E-state index in [0.29, 0.717) is 0 Å². The van der Waals surface area contributed by atoms with Crippen molar-refractivity contribution in [3.63, 3.8) is 0 Å². The van der Waals surface area contributed by atoms with E-state index in [1.165, 1.54) is 0 Å². The molecule has 0 radical (unpaired) electrons. The lowest BCUT2D eigenvalue weighted by atomic mass is 9.95. The van der Waals surface area contributed by atoms with E-state index in [-0.39, 0.29) is 18.8 Å². The van der Waals surface area contributed by atoms with E-state index in [0.717, 1.165) is 25.7 Å². The van der Waals surface area contributed by atoms with Crippen LogP contribution in [0.25, 0.3) is 0 Å². The fraction of sp³-hybridized carbons (Fsp3) is 0.875. The molecule has 1 aliphatic rings. The van der Waals surface area contributed by atoms with Gasteiger partial charge < -0.3 is 9.84 Å². The Morgan fingerprint density at radius 3 is 2.55 bits per heavy atom. The number of nitrogens with zero attached hydrogens (tertiary/aromatic N) is 1. The first kappa shape index (κ1) is 8.51. The van der Waals surface area contributed by atoms with Crippen LogP contribution in [0, 0.1) is 11.3 Å². The van der Waals surface area contributed by atoms with Crippen molar-refractivity contribution in [3.8, 4) is 6.07 Å². The Bertz CT molecular complexity index is 145. The molecular formula is C8H13NO2. The van der Waals surface area contributed by atoms with Crippen LogP contribution in [0.4, 0.5) is 0 Å². The number of aliphatic hydroxyl groups is 1. The maximum Gasteiger partial charge on any atom is 0.134 e. The summed E-state index contributed by atoms with van der Waals surface area (Å²) in [6.07, 6.45) is 3.48. The molecule has 1 rings (SSSR count). The summed E-state index contributed by atoms with van der Waals surface area (Å²) < 4.78 is 5.21. The molecule has 62 valence electrons. The van der Waals surface area contributed by atoms with Gasteiger partial charge in [-0.05, 0) is 25.7 Å². The van der Waals surface area contributed by atoms with Crippen molar-refractivity contribution < 1.29 is 9.84 Å². The van der Waals surface area contributed by atoms with E-state index in [1.54, 1.807) is 0 Å². The Balaban J connectivity index is 2.13. The summed E-state index contributed by atoms with van der Waals surface area (Å²) in [5, 5.41) is 17.4. The zero-order valence-electron chi connectivity index (χ0n) is 6.49. The topological polar surface area (TPSA) is 53.2 Å². The van der Waals surface area contributed by atoms with Crippen LogP contribution in [0.5, 0.6) is 0 Å². The third-order valence-electron chi connectivity index (χ3n) is 2.03. The minimum Gasteiger partial charge on any atom is -0.393 e. The van der Waals surface area contributed by atoms with E-state index in [2.05, 4.69) is 0 Å². The molecule has 3 heteroatoms. The van der Waals surface area contributed by atoms with Crippen molar-refractivity contribution in [2.75, 3.05) is 6.61 Å². The molecule has 0 unspecified atom stereocenters. The second-order valence-electron chi connectivity index (χ2n) is 2.90. The van der Waals surface area contributed by atoms with Gasteiger partial charge >= 0.3 is 0 Å². The first-order chi connectivity index (χ1) is 5.33. The van der Waals surface area contributed by atoms with Gasteiger partial charge in [0.1, 0.15) is 6.61 Å². The van der Waals surface area contributed by atoms with Crippen LogP contribution in [0.2, 0.25) is 0 Å². The molecule has 0 aromatic carbocycles. The average Bonchev–Trinajstić information content (AvgIpc) is 2.04. The number of ether oxygens (including phenoxy) is 1. The second-order valence-corrected chi connectivity index (χ2v) is 2.90. The number of hydrogen-bond acceptors (Lipinski definition) is 3. The summed E-state index contributed by atoms with van der Waals surface area (Å²) in [5.41, 5.74) is 0. The maximum atomic E-state index is 9.13. The molecule has 1 saturated carbocycles. The van der Waals surface area contributed by atoms with Crippen molar-refractivity contribution in [3.05, 3.63) is 0 Å². The summed E-state index contributed by atoms with van der Waals surface area (Å²) in [5.74, 6) is 0. The largest absolute Gasteiger partial charge is 0.393 e. The quantitative estimate of drug-likeness (QED) is 0.642. The molecule has 11 heavy (non-hydrogen) atoms. The molecule has 1 fully saturated rings. The van der Waals surface area contributed by atoms with E-state index in [9.17, 15) is 0 Å². The second kappa shape index (κ2) is 4.32. The smallest absolute Gasteiger partial charge is 0.134 e. The monoisotopic (exact) mass is 155 g/mol. The number of aliphatic hydroxyl groups excluding tert-OH is 1. The van der Waals surface area contributed by atoms with Crippen LogP contribution in [0.15, 0.2) is 0 Å². The zero-order valence-corrected chi connectivity index (χ0v) is 6.49. The summed E-state index contributed by atoms with van der Waals surface area (Å²) >= 11 is 0. The van der Waals surface area contributed by atoms with Crippen molar-refractivity contribution in [2.45, 2.75) is 37.9 Å². The van der Waals surface area contributed by atoms with E-state index in [4.69, 9.17) is 15.1 Å². The Morgan fingerprint density at radius 1 is 1.36 bits per heavy atom. The zero-order chi connectivity index (χ0) is 8.10. The lowest BCUT2D eigenvalue weighted by molar-refractivity contribution is 0.0107. The average molecular weight is 155 g/mol. The third-order valence-corrected chi connectivity index (χ3v) is 2.03. The first-order valence-electron chi connectivity index (χ1n) is 3.99. The van der Waals surface area contributed by atoms with Gasteiger partial charge in [0.15, 0.2) is 0 Å². The molecule has 3 nitrogen and oxygen atoms in total. The SMILES string of the molecule is N#CCOC1CCC(O)CC1.